The minimum absolute atomic E-state index is 0.0513. The van der Waals surface area contributed by atoms with Gasteiger partial charge >= 0.3 is 0 Å². The average molecular weight is 331 g/mol. The van der Waals surface area contributed by atoms with Crippen LogP contribution < -0.4 is 5.32 Å². The molecule has 1 N–H and O–H groups in total. The number of imidazole rings is 1. The molecule has 23 heavy (non-hydrogen) atoms. The van der Waals surface area contributed by atoms with E-state index in [2.05, 4.69) is 21.8 Å². The molecule has 1 aromatic carbocycles. The van der Waals surface area contributed by atoms with E-state index in [1.54, 1.807) is 30.5 Å². The fourth-order valence-electron chi connectivity index (χ4n) is 2.19. The van der Waals surface area contributed by atoms with Crippen LogP contribution in [0.2, 0.25) is 0 Å². The SMILES string of the molecule is CCCn1ccnc1S[C@@H](C)C(=O)c1ccc(NC(C)=O)cc1. The van der Waals surface area contributed by atoms with Gasteiger partial charge in [-0.1, -0.05) is 18.7 Å². The van der Waals surface area contributed by atoms with Crippen molar-refractivity contribution in [3.8, 4) is 0 Å². The molecule has 0 unspecified atom stereocenters. The molecule has 0 saturated heterocycles. The van der Waals surface area contributed by atoms with Crippen LogP contribution in [-0.4, -0.2) is 26.5 Å². The number of hydrogen-bond donors (Lipinski definition) is 1. The van der Waals surface area contributed by atoms with Gasteiger partial charge < -0.3 is 9.88 Å². The predicted molar refractivity (Wildman–Crippen MR) is 92.9 cm³/mol. The van der Waals surface area contributed by atoms with Gasteiger partial charge in [0.15, 0.2) is 10.9 Å². The lowest BCUT2D eigenvalue weighted by Crippen LogP contribution is -2.15. The predicted octanol–water partition coefficient (Wildman–Crippen LogP) is 3.62. The first kappa shape index (κ1) is 17.3. The van der Waals surface area contributed by atoms with Crippen molar-refractivity contribution in [2.24, 2.45) is 0 Å². The maximum atomic E-state index is 12.5. The highest BCUT2D eigenvalue weighted by Gasteiger charge is 2.18. The molecule has 0 aliphatic rings. The summed E-state index contributed by atoms with van der Waals surface area (Å²) in [5.41, 5.74) is 1.32. The monoisotopic (exact) mass is 331 g/mol. The molecule has 1 aromatic heterocycles. The first-order chi connectivity index (χ1) is 11.0. The molecule has 5 nitrogen and oxygen atoms in total. The van der Waals surface area contributed by atoms with Crippen molar-refractivity contribution in [2.45, 2.75) is 44.1 Å². The Morgan fingerprint density at radius 2 is 2.00 bits per heavy atom. The fraction of sp³-hybridized carbons (Fsp3) is 0.353. The molecule has 0 spiro atoms. The molecule has 2 rings (SSSR count). The van der Waals surface area contributed by atoms with Crippen molar-refractivity contribution >= 4 is 29.1 Å². The summed E-state index contributed by atoms with van der Waals surface area (Å²) in [5.74, 6) is -0.0776. The van der Waals surface area contributed by atoms with Crippen LogP contribution in [0.4, 0.5) is 5.69 Å². The Labute approximate surface area is 140 Å². The van der Waals surface area contributed by atoms with Gasteiger partial charge in [0.1, 0.15) is 0 Å². The molecule has 0 radical (unpaired) electrons. The molecule has 0 saturated carbocycles. The highest BCUT2D eigenvalue weighted by Crippen LogP contribution is 2.25. The Hall–Kier alpha value is -2.08. The highest BCUT2D eigenvalue weighted by atomic mass is 32.2. The van der Waals surface area contributed by atoms with E-state index in [0.717, 1.165) is 18.1 Å². The molecule has 0 aliphatic heterocycles. The summed E-state index contributed by atoms with van der Waals surface area (Å²) >= 11 is 1.47. The van der Waals surface area contributed by atoms with Gasteiger partial charge in [-0.3, -0.25) is 9.59 Å². The van der Waals surface area contributed by atoms with Crippen LogP contribution in [0.5, 0.6) is 0 Å². The molecule has 0 bridgehead atoms. The summed E-state index contributed by atoms with van der Waals surface area (Å²) in [6.07, 6.45) is 4.72. The van der Waals surface area contributed by atoms with Crippen molar-refractivity contribution < 1.29 is 9.59 Å². The van der Waals surface area contributed by atoms with Gasteiger partial charge in [0.25, 0.3) is 0 Å². The Balaban J connectivity index is 2.04. The zero-order valence-corrected chi connectivity index (χ0v) is 14.4. The molecule has 2 aromatic rings. The number of Topliss-reactive ketones (excluding diaryl/α,β-unsaturated/α-hetero) is 1. The Bertz CT molecular complexity index is 679. The second-order valence-corrected chi connectivity index (χ2v) is 6.59. The molecule has 1 amide bonds. The van der Waals surface area contributed by atoms with Crippen molar-refractivity contribution in [3.63, 3.8) is 0 Å². The van der Waals surface area contributed by atoms with E-state index in [-0.39, 0.29) is 16.9 Å². The summed E-state index contributed by atoms with van der Waals surface area (Å²) in [5, 5.41) is 3.33. The van der Waals surface area contributed by atoms with E-state index in [1.165, 1.54) is 18.7 Å². The van der Waals surface area contributed by atoms with E-state index < -0.39 is 0 Å². The van der Waals surface area contributed by atoms with E-state index in [4.69, 9.17) is 0 Å². The first-order valence-electron chi connectivity index (χ1n) is 7.61. The van der Waals surface area contributed by atoms with E-state index in [9.17, 15) is 9.59 Å². The van der Waals surface area contributed by atoms with E-state index >= 15 is 0 Å². The summed E-state index contributed by atoms with van der Waals surface area (Å²) in [4.78, 5) is 27.9. The number of anilines is 1. The number of ketones is 1. The van der Waals surface area contributed by atoms with Crippen LogP contribution >= 0.6 is 11.8 Å². The van der Waals surface area contributed by atoms with Gasteiger partial charge in [-0.05, 0) is 37.6 Å². The molecule has 6 heteroatoms. The van der Waals surface area contributed by atoms with Crippen molar-refractivity contribution in [3.05, 3.63) is 42.2 Å². The van der Waals surface area contributed by atoms with E-state index in [0.29, 0.717) is 11.3 Å². The maximum Gasteiger partial charge on any atom is 0.221 e. The molecule has 1 heterocycles. The molecule has 0 aliphatic carbocycles. The number of benzene rings is 1. The van der Waals surface area contributed by atoms with Crippen LogP contribution in [0.25, 0.3) is 0 Å². The smallest absolute Gasteiger partial charge is 0.221 e. The van der Waals surface area contributed by atoms with Crippen LogP contribution in [0, 0.1) is 0 Å². The lowest BCUT2D eigenvalue weighted by Gasteiger charge is -2.12. The van der Waals surface area contributed by atoms with Gasteiger partial charge in [-0.2, -0.15) is 0 Å². The van der Waals surface area contributed by atoms with Crippen LogP contribution in [0.15, 0.2) is 41.8 Å². The summed E-state index contributed by atoms with van der Waals surface area (Å²) < 4.78 is 2.06. The lowest BCUT2D eigenvalue weighted by molar-refractivity contribution is -0.114. The second kappa shape index (κ2) is 7.97. The molecule has 1 atom stereocenters. The fourth-order valence-corrected chi connectivity index (χ4v) is 3.16. The number of rotatable bonds is 7. The Morgan fingerprint density at radius 3 is 2.61 bits per heavy atom. The van der Waals surface area contributed by atoms with E-state index in [1.807, 2.05) is 13.1 Å². The number of hydrogen-bond acceptors (Lipinski definition) is 4. The van der Waals surface area contributed by atoms with Crippen molar-refractivity contribution in [1.29, 1.82) is 0 Å². The van der Waals surface area contributed by atoms with Gasteiger partial charge in [0.2, 0.25) is 5.91 Å². The third kappa shape index (κ3) is 4.69. The number of nitrogens with zero attached hydrogens (tertiary/aromatic N) is 2. The summed E-state index contributed by atoms with van der Waals surface area (Å²) in [6, 6.07) is 6.96. The maximum absolute atomic E-state index is 12.5. The van der Waals surface area contributed by atoms with Gasteiger partial charge in [0, 0.05) is 37.1 Å². The minimum atomic E-state index is -0.223. The normalized spacial score (nSPS) is 12.0. The largest absolute Gasteiger partial charge is 0.326 e. The molecular weight excluding hydrogens is 310 g/mol. The minimum Gasteiger partial charge on any atom is -0.326 e. The van der Waals surface area contributed by atoms with Crippen LogP contribution in [-0.2, 0) is 11.3 Å². The van der Waals surface area contributed by atoms with Gasteiger partial charge in [-0.25, -0.2) is 4.98 Å². The zero-order chi connectivity index (χ0) is 16.8. The molecule has 122 valence electrons. The number of aryl methyl sites for hydroxylation is 1. The third-order valence-corrected chi connectivity index (χ3v) is 4.40. The van der Waals surface area contributed by atoms with Crippen molar-refractivity contribution in [1.82, 2.24) is 9.55 Å². The average Bonchev–Trinajstić information content (AvgIpc) is 2.94. The van der Waals surface area contributed by atoms with Gasteiger partial charge in [-0.15, -0.1) is 0 Å². The number of aromatic nitrogens is 2. The standard InChI is InChI=1S/C17H21N3O2S/c1-4-10-20-11-9-18-17(20)23-12(2)16(22)14-5-7-15(8-6-14)19-13(3)21/h5-9,11-12H,4,10H2,1-3H3,(H,19,21)/t12-/m0/s1. The number of carbonyl (C=O) groups excluding carboxylic acids is 2. The molecular formula is C17H21N3O2S. The highest BCUT2D eigenvalue weighted by molar-refractivity contribution is 8.00. The first-order valence-corrected chi connectivity index (χ1v) is 8.49. The van der Waals surface area contributed by atoms with Crippen LogP contribution in [0.3, 0.4) is 0 Å². The summed E-state index contributed by atoms with van der Waals surface area (Å²) in [7, 11) is 0. The topological polar surface area (TPSA) is 64.0 Å². The number of carbonyl (C=O) groups is 2. The van der Waals surface area contributed by atoms with Gasteiger partial charge in [0.05, 0.1) is 5.25 Å². The number of thioether (sulfide) groups is 1. The Morgan fingerprint density at radius 1 is 1.30 bits per heavy atom. The lowest BCUT2D eigenvalue weighted by atomic mass is 10.1. The Kier molecular flexibility index (Phi) is 5.98. The van der Waals surface area contributed by atoms with Crippen LogP contribution in [0.1, 0.15) is 37.6 Å². The third-order valence-electron chi connectivity index (χ3n) is 3.28. The van der Waals surface area contributed by atoms with Crippen molar-refractivity contribution in [2.75, 3.05) is 5.32 Å². The molecule has 0 fully saturated rings. The quantitative estimate of drug-likeness (QED) is 0.622. The summed E-state index contributed by atoms with van der Waals surface area (Å²) in [6.45, 7) is 6.35. The zero-order valence-electron chi connectivity index (χ0n) is 13.6. The number of amides is 1. The second-order valence-electron chi connectivity index (χ2n) is 5.29. The number of nitrogens with one attached hydrogen (secondary N) is 1.